The zero-order valence-electron chi connectivity index (χ0n) is 19.7. The standard InChI is InChI=1S/C26H30N2O7/c1-15(33-2)23(25(30)31)28-24(29)16-11-17(34-13-16)12-27-26(32)35-14-22-20-9-5-3-7-18(20)19-8-4-6-10-21(19)22/h3-10,15-17,22-23H,11-14H2,1-2H3,(H,27,32)(H,28,29)(H,30,31)/t15-,16+,17+,23+/m1/s1. The van der Waals surface area contributed by atoms with Crippen molar-refractivity contribution in [2.75, 3.05) is 26.9 Å². The van der Waals surface area contributed by atoms with Crippen molar-refractivity contribution in [3.63, 3.8) is 0 Å². The van der Waals surface area contributed by atoms with Gasteiger partial charge in [0.25, 0.3) is 0 Å². The van der Waals surface area contributed by atoms with Crippen LogP contribution in [0.15, 0.2) is 48.5 Å². The van der Waals surface area contributed by atoms with Crippen molar-refractivity contribution in [3.05, 3.63) is 59.7 Å². The third-order valence-corrected chi connectivity index (χ3v) is 6.67. The van der Waals surface area contributed by atoms with Gasteiger partial charge in [-0.2, -0.15) is 0 Å². The van der Waals surface area contributed by atoms with Crippen LogP contribution in [0.2, 0.25) is 0 Å². The second-order valence-electron chi connectivity index (χ2n) is 8.86. The van der Waals surface area contributed by atoms with Gasteiger partial charge in [-0.25, -0.2) is 9.59 Å². The fourth-order valence-electron chi connectivity index (χ4n) is 4.66. The van der Waals surface area contributed by atoms with Crippen molar-refractivity contribution in [2.24, 2.45) is 5.92 Å². The molecule has 0 unspecified atom stereocenters. The number of hydrogen-bond donors (Lipinski definition) is 3. The summed E-state index contributed by atoms with van der Waals surface area (Å²) in [6.07, 6.45) is -1.23. The van der Waals surface area contributed by atoms with Gasteiger partial charge in [0.2, 0.25) is 5.91 Å². The van der Waals surface area contributed by atoms with E-state index in [1.807, 2.05) is 24.3 Å². The predicted molar refractivity (Wildman–Crippen MR) is 127 cm³/mol. The van der Waals surface area contributed by atoms with Gasteiger partial charge in [0, 0.05) is 19.6 Å². The highest BCUT2D eigenvalue weighted by Crippen LogP contribution is 2.44. The number of alkyl carbamates (subject to hydrolysis) is 1. The molecule has 35 heavy (non-hydrogen) atoms. The molecule has 2 aromatic rings. The highest BCUT2D eigenvalue weighted by molar-refractivity contribution is 5.85. The highest BCUT2D eigenvalue weighted by Gasteiger charge is 2.35. The van der Waals surface area contributed by atoms with Crippen molar-refractivity contribution < 1.29 is 33.7 Å². The van der Waals surface area contributed by atoms with E-state index in [4.69, 9.17) is 14.2 Å². The van der Waals surface area contributed by atoms with E-state index < -0.39 is 36.0 Å². The lowest BCUT2D eigenvalue weighted by molar-refractivity contribution is -0.146. The summed E-state index contributed by atoms with van der Waals surface area (Å²) in [5.74, 6) is -2.11. The molecule has 0 spiro atoms. The summed E-state index contributed by atoms with van der Waals surface area (Å²) in [6.45, 7) is 2.13. The summed E-state index contributed by atoms with van der Waals surface area (Å²) in [6, 6.07) is 15.1. The molecule has 0 saturated carbocycles. The Morgan fingerprint density at radius 2 is 1.71 bits per heavy atom. The molecule has 0 aromatic heterocycles. The maximum absolute atomic E-state index is 12.5. The molecule has 9 heteroatoms. The van der Waals surface area contributed by atoms with Crippen molar-refractivity contribution in [1.82, 2.24) is 10.6 Å². The smallest absolute Gasteiger partial charge is 0.407 e. The van der Waals surface area contributed by atoms with Crippen LogP contribution in [-0.2, 0) is 23.8 Å². The molecule has 2 aromatic carbocycles. The van der Waals surface area contributed by atoms with Gasteiger partial charge in [0.15, 0.2) is 6.04 Å². The number of rotatable bonds is 9. The monoisotopic (exact) mass is 482 g/mol. The molecule has 1 aliphatic carbocycles. The number of carbonyl (C=O) groups is 3. The third-order valence-electron chi connectivity index (χ3n) is 6.67. The number of carbonyl (C=O) groups excluding carboxylic acids is 2. The molecule has 4 rings (SSSR count). The molecule has 186 valence electrons. The molecular formula is C26H30N2O7. The first-order valence-electron chi connectivity index (χ1n) is 11.7. The Morgan fingerprint density at radius 3 is 2.31 bits per heavy atom. The van der Waals surface area contributed by atoms with Crippen molar-refractivity contribution in [2.45, 2.75) is 37.5 Å². The van der Waals surface area contributed by atoms with Gasteiger partial charge in [-0.1, -0.05) is 48.5 Å². The first-order chi connectivity index (χ1) is 16.9. The van der Waals surface area contributed by atoms with E-state index in [0.29, 0.717) is 6.42 Å². The lowest BCUT2D eigenvalue weighted by Crippen LogP contribution is -2.50. The Balaban J connectivity index is 1.24. The second-order valence-corrected chi connectivity index (χ2v) is 8.86. The summed E-state index contributed by atoms with van der Waals surface area (Å²) < 4.78 is 16.2. The average molecular weight is 483 g/mol. The zero-order chi connectivity index (χ0) is 24.9. The van der Waals surface area contributed by atoms with Crippen LogP contribution in [0.25, 0.3) is 11.1 Å². The Morgan fingerprint density at radius 1 is 1.09 bits per heavy atom. The lowest BCUT2D eigenvalue weighted by Gasteiger charge is -2.21. The van der Waals surface area contributed by atoms with Crippen LogP contribution in [0.3, 0.4) is 0 Å². The van der Waals surface area contributed by atoms with Crippen molar-refractivity contribution >= 4 is 18.0 Å². The quantitative estimate of drug-likeness (QED) is 0.502. The van der Waals surface area contributed by atoms with Crippen molar-refractivity contribution in [1.29, 1.82) is 0 Å². The summed E-state index contributed by atoms with van der Waals surface area (Å²) in [5.41, 5.74) is 4.59. The van der Waals surface area contributed by atoms with Gasteiger partial charge in [0.1, 0.15) is 6.61 Å². The molecule has 1 aliphatic heterocycles. The minimum absolute atomic E-state index is 0.0272. The van der Waals surface area contributed by atoms with E-state index in [0.717, 1.165) is 22.3 Å². The summed E-state index contributed by atoms with van der Waals surface area (Å²) in [4.78, 5) is 36.3. The number of ether oxygens (including phenoxy) is 3. The Kier molecular flexibility index (Phi) is 7.67. The number of hydrogen-bond acceptors (Lipinski definition) is 6. The van der Waals surface area contributed by atoms with Gasteiger partial charge in [-0.05, 0) is 35.6 Å². The number of aliphatic carboxylic acids is 1. The third kappa shape index (κ3) is 5.47. The van der Waals surface area contributed by atoms with Crippen LogP contribution in [-0.4, -0.2) is 68.2 Å². The van der Waals surface area contributed by atoms with E-state index in [-0.39, 0.29) is 31.8 Å². The van der Waals surface area contributed by atoms with Crippen molar-refractivity contribution in [3.8, 4) is 11.1 Å². The molecule has 0 bridgehead atoms. The SMILES string of the molecule is CO[C@H](C)[C@H](NC(=O)[C@@H]1CO[C@H](CNC(=O)OCC2c3ccccc3-c3ccccc32)C1)C(=O)O. The average Bonchev–Trinajstić information content (AvgIpc) is 3.47. The summed E-state index contributed by atoms with van der Waals surface area (Å²) in [5, 5.41) is 14.5. The minimum atomic E-state index is -1.17. The molecule has 4 atom stereocenters. The Hall–Kier alpha value is -3.43. The van der Waals surface area contributed by atoms with Gasteiger partial charge in [-0.15, -0.1) is 0 Å². The van der Waals surface area contributed by atoms with E-state index in [9.17, 15) is 19.5 Å². The van der Waals surface area contributed by atoms with Crippen LogP contribution >= 0.6 is 0 Å². The van der Waals surface area contributed by atoms with E-state index >= 15 is 0 Å². The number of benzene rings is 2. The van der Waals surface area contributed by atoms with Gasteiger partial charge >= 0.3 is 12.1 Å². The maximum atomic E-state index is 12.5. The molecule has 9 nitrogen and oxygen atoms in total. The molecule has 0 radical (unpaired) electrons. The summed E-state index contributed by atoms with van der Waals surface area (Å²) >= 11 is 0. The fraction of sp³-hybridized carbons (Fsp3) is 0.423. The molecule has 1 heterocycles. The van der Waals surface area contributed by atoms with Crippen LogP contribution in [0.5, 0.6) is 0 Å². The number of nitrogens with one attached hydrogen (secondary N) is 2. The van der Waals surface area contributed by atoms with E-state index in [2.05, 4.69) is 34.9 Å². The minimum Gasteiger partial charge on any atom is -0.480 e. The topological polar surface area (TPSA) is 123 Å². The van der Waals surface area contributed by atoms with E-state index in [1.165, 1.54) is 7.11 Å². The Labute approximate surface area is 203 Å². The van der Waals surface area contributed by atoms with Gasteiger partial charge in [0.05, 0.1) is 24.7 Å². The highest BCUT2D eigenvalue weighted by atomic mass is 16.5. The predicted octanol–water partition coefficient (Wildman–Crippen LogP) is 2.53. The first-order valence-corrected chi connectivity index (χ1v) is 11.7. The molecule has 2 aliphatic rings. The molecule has 3 N–H and O–H groups in total. The maximum Gasteiger partial charge on any atom is 0.407 e. The number of amides is 2. The molecular weight excluding hydrogens is 452 g/mol. The number of carboxylic acid groups (broad SMARTS) is 1. The lowest BCUT2D eigenvalue weighted by atomic mass is 9.98. The summed E-state index contributed by atoms with van der Waals surface area (Å²) in [7, 11) is 1.39. The normalized spacial score (nSPS) is 20.4. The van der Waals surface area contributed by atoms with Gasteiger partial charge < -0.3 is 30.0 Å². The largest absolute Gasteiger partial charge is 0.480 e. The first kappa shape index (κ1) is 24.7. The zero-order valence-corrected chi connectivity index (χ0v) is 19.7. The van der Waals surface area contributed by atoms with Crippen LogP contribution in [0.1, 0.15) is 30.4 Å². The van der Waals surface area contributed by atoms with Crippen LogP contribution < -0.4 is 10.6 Å². The number of fused-ring (bicyclic) bond motifs is 3. The molecule has 2 amide bonds. The van der Waals surface area contributed by atoms with Crippen LogP contribution in [0, 0.1) is 5.92 Å². The second kappa shape index (κ2) is 10.9. The number of methoxy groups -OCH3 is 1. The molecule has 1 saturated heterocycles. The number of carboxylic acids is 1. The van der Waals surface area contributed by atoms with E-state index in [1.54, 1.807) is 6.92 Å². The Bertz CT molecular complexity index is 1040. The fourth-order valence-corrected chi connectivity index (χ4v) is 4.66. The molecule has 1 fully saturated rings. The van der Waals surface area contributed by atoms with Crippen LogP contribution in [0.4, 0.5) is 4.79 Å². The van der Waals surface area contributed by atoms with Gasteiger partial charge in [-0.3, -0.25) is 4.79 Å².